The van der Waals surface area contributed by atoms with Gasteiger partial charge in [0.2, 0.25) is 5.95 Å². The lowest BCUT2D eigenvalue weighted by Gasteiger charge is -2.10. The summed E-state index contributed by atoms with van der Waals surface area (Å²) >= 11 is 5.92. The maximum Gasteiger partial charge on any atom is 0.225 e. The van der Waals surface area contributed by atoms with Crippen molar-refractivity contribution in [3.05, 3.63) is 76.4 Å². The van der Waals surface area contributed by atoms with Gasteiger partial charge in [-0.2, -0.15) is 4.98 Å². The van der Waals surface area contributed by atoms with Gasteiger partial charge in [-0.3, -0.25) is 0 Å². The van der Waals surface area contributed by atoms with E-state index in [1.54, 1.807) is 7.11 Å². The van der Waals surface area contributed by atoms with Crippen molar-refractivity contribution in [1.82, 2.24) is 9.97 Å². The minimum absolute atomic E-state index is 0.597. The Kier molecular flexibility index (Phi) is 5.92. The van der Waals surface area contributed by atoms with E-state index >= 15 is 0 Å². The van der Waals surface area contributed by atoms with Crippen LogP contribution < -0.4 is 15.4 Å². The number of benzene rings is 2. The topological polar surface area (TPSA) is 59.1 Å². The normalized spacial score (nSPS) is 10.4. The number of halogens is 1. The summed E-state index contributed by atoms with van der Waals surface area (Å²) in [6, 6.07) is 17.6. The minimum atomic E-state index is 0.597. The standard InChI is InChI=1S/C20H21ClN4O/c1-14-11-19(22-12-15-3-7-17(21)8-4-15)25-20(24-14)23-13-16-5-9-18(26-2)10-6-16/h3-11H,12-13H2,1-2H3,(H2,22,23,24,25). The van der Waals surface area contributed by atoms with Crippen LogP contribution in [0.2, 0.25) is 5.02 Å². The first-order chi connectivity index (χ1) is 12.6. The Morgan fingerprint density at radius 2 is 1.50 bits per heavy atom. The summed E-state index contributed by atoms with van der Waals surface area (Å²) in [7, 11) is 1.66. The second kappa shape index (κ2) is 8.54. The van der Waals surface area contributed by atoms with E-state index in [0.29, 0.717) is 19.0 Å². The van der Waals surface area contributed by atoms with Gasteiger partial charge in [-0.05, 0) is 42.3 Å². The van der Waals surface area contributed by atoms with Gasteiger partial charge in [-0.1, -0.05) is 35.9 Å². The van der Waals surface area contributed by atoms with Gasteiger partial charge in [0.1, 0.15) is 11.6 Å². The summed E-state index contributed by atoms with van der Waals surface area (Å²) in [5.74, 6) is 2.22. The monoisotopic (exact) mass is 368 g/mol. The average Bonchev–Trinajstić information content (AvgIpc) is 2.66. The molecule has 0 aliphatic rings. The van der Waals surface area contributed by atoms with E-state index in [0.717, 1.165) is 33.4 Å². The molecule has 0 saturated heterocycles. The van der Waals surface area contributed by atoms with Gasteiger partial charge in [-0.25, -0.2) is 4.98 Å². The van der Waals surface area contributed by atoms with Crippen LogP contribution in [0.25, 0.3) is 0 Å². The van der Waals surface area contributed by atoms with Crippen LogP contribution in [0, 0.1) is 6.92 Å². The predicted octanol–water partition coefficient (Wildman–Crippen LogP) is 4.67. The molecule has 1 aromatic heterocycles. The number of aryl methyl sites for hydroxylation is 1. The lowest BCUT2D eigenvalue weighted by molar-refractivity contribution is 0.414. The smallest absolute Gasteiger partial charge is 0.225 e. The highest BCUT2D eigenvalue weighted by atomic mass is 35.5. The van der Waals surface area contributed by atoms with Crippen LogP contribution in [0.3, 0.4) is 0 Å². The molecule has 0 fully saturated rings. The van der Waals surface area contributed by atoms with Crippen molar-refractivity contribution >= 4 is 23.4 Å². The van der Waals surface area contributed by atoms with Crippen LogP contribution in [-0.4, -0.2) is 17.1 Å². The van der Waals surface area contributed by atoms with Gasteiger partial charge in [-0.15, -0.1) is 0 Å². The number of rotatable bonds is 7. The zero-order valence-electron chi connectivity index (χ0n) is 14.8. The fourth-order valence-electron chi connectivity index (χ4n) is 2.46. The number of aromatic nitrogens is 2. The van der Waals surface area contributed by atoms with Gasteiger partial charge in [0.15, 0.2) is 0 Å². The fraction of sp³-hybridized carbons (Fsp3) is 0.200. The number of anilines is 2. The molecular formula is C20H21ClN4O. The SMILES string of the molecule is COc1ccc(CNc2nc(C)cc(NCc3ccc(Cl)cc3)n2)cc1. The number of methoxy groups -OCH3 is 1. The summed E-state index contributed by atoms with van der Waals surface area (Å²) < 4.78 is 5.17. The Morgan fingerprint density at radius 3 is 2.15 bits per heavy atom. The molecule has 0 unspecified atom stereocenters. The summed E-state index contributed by atoms with van der Waals surface area (Å²) in [5, 5.41) is 7.32. The van der Waals surface area contributed by atoms with Crippen molar-refractivity contribution in [2.75, 3.05) is 17.7 Å². The molecular weight excluding hydrogens is 348 g/mol. The zero-order chi connectivity index (χ0) is 18.4. The molecule has 0 atom stereocenters. The van der Waals surface area contributed by atoms with Crippen LogP contribution in [0.5, 0.6) is 5.75 Å². The Hall–Kier alpha value is -2.79. The molecule has 5 nitrogen and oxygen atoms in total. The van der Waals surface area contributed by atoms with E-state index in [1.165, 1.54) is 0 Å². The van der Waals surface area contributed by atoms with Crippen LogP contribution in [-0.2, 0) is 13.1 Å². The Morgan fingerprint density at radius 1 is 0.885 bits per heavy atom. The van der Waals surface area contributed by atoms with E-state index in [9.17, 15) is 0 Å². The van der Waals surface area contributed by atoms with E-state index < -0.39 is 0 Å². The highest BCUT2D eigenvalue weighted by Gasteiger charge is 2.03. The molecule has 6 heteroatoms. The molecule has 0 bridgehead atoms. The number of hydrogen-bond donors (Lipinski definition) is 2. The van der Waals surface area contributed by atoms with Gasteiger partial charge >= 0.3 is 0 Å². The van der Waals surface area contributed by atoms with Gasteiger partial charge in [0.25, 0.3) is 0 Å². The number of ether oxygens (including phenoxy) is 1. The van der Waals surface area contributed by atoms with Crippen LogP contribution in [0.1, 0.15) is 16.8 Å². The van der Waals surface area contributed by atoms with E-state index in [-0.39, 0.29) is 0 Å². The first-order valence-corrected chi connectivity index (χ1v) is 8.71. The average molecular weight is 369 g/mol. The molecule has 0 saturated carbocycles. The Balaban J connectivity index is 1.61. The molecule has 3 rings (SSSR count). The number of hydrogen-bond acceptors (Lipinski definition) is 5. The van der Waals surface area contributed by atoms with E-state index in [1.807, 2.05) is 61.5 Å². The molecule has 0 radical (unpaired) electrons. The summed E-state index contributed by atoms with van der Waals surface area (Å²) in [4.78, 5) is 8.98. The fourth-order valence-corrected chi connectivity index (χ4v) is 2.58. The Labute approximate surface area is 158 Å². The lowest BCUT2D eigenvalue weighted by atomic mass is 10.2. The lowest BCUT2D eigenvalue weighted by Crippen LogP contribution is -2.08. The van der Waals surface area contributed by atoms with E-state index in [4.69, 9.17) is 16.3 Å². The van der Waals surface area contributed by atoms with Crippen molar-refractivity contribution in [3.8, 4) is 5.75 Å². The third kappa shape index (κ3) is 5.10. The van der Waals surface area contributed by atoms with Gasteiger partial charge < -0.3 is 15.4 Å². The molecule has 26 heavy (non-hydrogen) atoms. The van der Waals surface area contributed by atoms with Crippen LogP contribution >= 0.6 is 11.6 Å². The molecule has 134 valence electrons. The molecule has 3 aromatic rings. The third-order valence-corrected chi connectivity index (χ3v) is 4.10. The zero-order valence-corrected chi connectivity index (χ0v) is 15.5. The quantitative estimate of drug-likeness (QED) is 0.634. The van der Waals surface area contributed by atoms with Crippen molar-refractivity contribution in [3.63, 3.8) is 0 Å². The largest absolute Gasteiger partial charge is 0.497 e. The first kappa shape index (κ1) is 18.0. The second-order valence-electron chi connectivity index (χ2n) is 5.90. The molecule has 0 aliphatic heterocycles. The number of nitrogens with one attached hydrogen (secondary N) is 2. The highest BCUT2D eigenvalue weighted by molar-refractivity contribution is 6.30. The molecule has 1 heterocycles. The molecule has 0 spiro atoms. The predicted molar refractivity (Wildman–Crippen MR) is 106 cm³/mol. The van der Waals surface area contributed by atoms with Gasteiger partial charge in [0.05, 0.1) is 7.11 Å². The molecule has 2 aromatic carbocycles. The van der Waals surface area contributed by atoms with Crippen molar-refractivity contribution < 1.29 is 4.74 Å². The van der Waals surface area contributed by atoms with Crippen molar-refractivity contribution in [2.24, 2.45) is 0 Å². The maximum atomic E-state index is 5.92. The van der Waals surface area contributed by atoms with Gasteiger partial charge in [0, 0.05) is 29.9 Å². The van der Waals surface area contributed by atoms with Crippen LogP contribution in [0.4, 0.5) is 11.8 Å². The highest BCUT2D eigenvalue weighted by Crippen LogP contribution is 2.15. The van der Waals surface area contributed by atoms with Crippen molar-refractivity contribution in [2.45, 2.75) is 20.0 Å². The minimum Gasteiger partial charge on any atom is -0.497 e. The number of nitrogens with zero attached hydrogens (tertiary/aromatic N) is 2. The second-order valence-corrected chi connectivity index (χ2v) is 6.34. The summed E-state index contributed by atoms with van der Waals surface area (Å²) in [6.07, 6.45) is 0. The first-order valence-electron chi connectivity index (χ1n) is 8.33. The Bertz CT molecular complexity index is 851. The molecule has 2 N–H and O–H groups in total. The summed E-state index contributed by atoms with van der Waals surface area (Å²) in [6.45, 7) is 3.27. The molecule has 0 amide bonds. The van der Waals surface area contributed by atoms with Crippen LogP contribution in [0.15, 0.2) is 54.6 Å². The maximum absolute atomic E-state index is 5.92. The van der Waals surface area contributed by atoms with Crippen molar-refractivity contribution in [1.29, 1.82) is 0 Å². The summed E-state index contributed by atoms with van der Waals surface area (Å²) in [5.41, 5.74) is 3.17. The molecule has 0 aliphatic carbocycles. The van der Waals surface area contributed by atoms with E-state index in [2.05, 4.69) is 20.6 Å². The third-order valence-electron chi connectivity index (χ3n) is 3.85.